The molecule has 0 amide bonds. The highest BCUT2D eigenvalue weighted by Crippen LogP contribution is 2.29. The molecule has 0 aromatic heterocycles. The molecule has 1 aliphatic carbocycles. The zero-order valence-corrected chi connectivity index (χ0v) is 13.9. The fourth-order valence-electron chi connectivity index (χ4n) is 2.86. The smallest absolute Gasteiger partial charge is 0.171 e. The molecule has 2 rings (SSSR count). The summed E-state index contributed by atoms with van der Waals surface area (Å²) in [5.41, 5.74) is 2.01. The van der Waals surface area contributed by atoms with E-state index in [2.05, 4.69) is 24.5 Å². The molecule has 1 aromatic carbocycles. The van der Waals surface area contributed by atoms with Gasteiger partial charge in [0.1, 0.15) is 0 Å². The summed E-state index contributed by atoms with van der Waals surface area (Å²) in [6.45, 7) is 6.64. The third-order valence-corrected chi connectivity index (χ3v) is 5.17. The van der Waals surface area contributed by atoms with Crippen molar-refractivity contribution in [2.24, 2.45) is 11.8 Å². The summed E-state index contributed by atoms with van der Waals surface area (Å²) >= 11 is 11.6. The number of hydrogen-bond donors (Lipinski definition) is 2. The van der Waals surface area contributed by atoms with Crippen LogP contribution in [0.3, 0.4) is 0 Å². The highest BCUT2D eigenvalue weighted by molar-refractivity contribution is 7.80. The van der Waals surface area contributed by atoms with E-state index in [1.807, 2.05) is 25.1 Å². The molecule has 1 saturated carbocycles. The molecule has 1 fully saturated rings. The largest absolute Gasteiger partial charge is 0.359 e. The summed E-state index contributed by atoms with van der Waals surface area (Å²) in [4.78, 5) is 0. The topological polar surface area (TPSA) is 24.1 Å². The molecule has 4 heteroatoms. The first-order valence-electron chi connectivity index (χ1n) is 7.31. The van der Waals surface area contributed by atoms with E-state index >= 15 is 0 Å². The van der Waals surface area contributed by atoms with Crippen LogP contribution in [0.5, 0.6) is 0 Å². The quantitative estimate of drug-likeness (QED) is 0.770. The van der Waals surface area contributed by atoms with Crippen molar-refractivity contribution in [2.45, 2.75) is 46.1 Å². The first kappa shape index (κ1) is 15.6. The van der Waals surface area contributed by atoms with Gasteiger partial charge in [0.05, 0.1) is 0 Å². The number of anilines is 1. The SMILES string of the molecule is Cc1c(Cl)cccc1NC(=S)N[C@H]1CCC[C@H](C)[C@H]1C. The Balaban J connectivity index is 1.97. The molecule has 0 radical (unpaired) electrons. The Morgan fingerprint density at radius 2 is 2.05 bits per heavy atom. The average molecular weight is 311 g/mol. The van der Waals surface area contributed by atoms with Gasteiger partial charge in [0, 0.05) is 16.8 Å². The average Bonchev–Trinajstić information content (AvgIpc) is 2.40. The Morgan fingerprint density at radius 1 is 1.30 bits per heavy atom. The maximum absolute atomic E-state index is 6.13. The summed E-state index contributed by atoms with van der Waals surface area (Å²) in [6, 6.07) is 6.30. The lowest BCUT2D eigenvalue weighted by Gasteiger charge is -2.35. The van der Waals surface area contributed by atoms with Crippen molar-refractivity contribution >= 4 is 34.6 Å². The number of rotatable bonds is 2. The Morgan fingerprint density at radius 3 is 2.80 bits per heavy atom. The molecular weight excluding hydrogens is 288 g/mol. The molecule has 0 aliphatic heterocycles. The number of halogens is 1. The Bertz CT molecular complexity index is 489. The third kappa shape index (κ3) is 3.64. The van der Waals surface area contributed by atoms with Crippen LogP contribution in [0.25, 0.3) is 0 Å². The zero-order valence-electron chi connectivity index (χ0n) is 12.4. The second-order valence-corrected chi connectivity index (χ2v) is 6.70. The first-order valence-corrected chi connectivity index (χ1v) is 8.10. The normalized spacial score (nSPS) is 26.1. The monoisotopic (exact) mass is 310 g/mol. The molecule has 0 unspecified atom stereocenters. The van der Waals surface area contributed by atoms with Crippen LogP contribution < -0.4 is 10.6 Å². The van der Waals surface area contributed by atoms with Gasteiger partial charge in [-0.15, -0.1) is 0 Å². The number of hydrogen-bond acceptors (Lipinski definition) is 1. The minimum atomic E-state index is 0.471. The van der Waals surface area contributed by atoms with Crippen LogP contribution in [-0.2, 0) is 0 Å². The van der Waals surface area contributed by atoms with Gasteiger partial charge in [-0.2, -0.15) is 0 Å². The van der Waals surface area contributed by atoms with Crippen LogP contribution in [0.2, 0.25) is 5.02 Å². The molecule has 0 heterocycles. The summed E-state index contributed by atoms with van der Waals surface area (Å²) in [5, 5.41) is 8.20. The third-order valence-electron chi connectivity index (χ3n) is 4.54. The van der Waals surface area contributed by atoms with E-state index in [-0.39, 0.29) is 0 Å². The zero-order chi connectivity index (χ0) is 14.7. The maximum Gasteiger partial charge on any atom is 0.171 e. The summed E-state index contributed by atoms with van der Waals surface area (Å²) in [6.07, 6.45) is 3.80. The maximum atomic E-state index is 6.13. The highest BCUT2D eigenvalue weighted by atomic mass is 35.5. The van der Waals surface area contributed by atoms with Gasteiger partial charge in [0.25, 0.3) is 0 Å². The lowest BCUT2D eigenvalue weighted by atomic mass is 9.78. The summed E-state index contributed by atoms with van der Waals surface area (Å²) < 4.78 is 0. The second kappa shape index (κ2) is 6.77. The van der Waals surface area contributed by atoms with Crippen LogP contribution >= 0.6 is 23.8 Å². The minimum Gasteiger partial charge on any atom is -0.359 e. The predicted octanol–water partition coefficient (Wildman–Crippen LogP) is 4.76. The van der Waals surface area contributed by atoms with Gasteiger partial charge >= 0.3 is 0 Å². The van der Waals surface area contributed by atoms with Gasteiger partial charge in [-0.25, -0.2) is 0 Å². The number of nitrogens with one attached hydrogen (secondary N) is 2. The van der Waals surface area contributed by atoms with E-state index in [9.17, 15) is 0 Å². The highest BCUT2D eigenvalue weighted by Gasteiger charge is 2.27. The molecule has 0 spiro atoms. The number of thiocarbonyl (C=S) groups is 1. The molecular formula is C16H23ClN2S. The van der Waals surface area contributed by atoms with Gasteiger partial charge in [-0.05, 0) is 55.1 Å². The van der Waals surface area contributed by atoms with Crippen molar-refractivity contribution in [1.29, 1.82) is 0 Å². The van der Waals surface area contributed by atoms with Crippen molar-refractivity contribution < 1.29 is 0 Å². The van der Waals surface area contributed by atoms with Crippen LogP contribution in [0.1, 0.15) is 38.7 Å². The number of benzene rings is 1. The Kier molecular flexibility index (Phi) is 5.28. The molecule has 1 aromatic rings. The van der Waals surface area contributed by atoms with Crippen molar-refractivity contribution in [2.75, 3.05) is 5.32 Å². The van der Waals surface area contributed by atoms with Gasteiger partial charge in [0.2, 0.25) is 0 Å². The van der Waals surface area contributed by atoms with Gasteiger partial charge < -0.3 is 10.6 Å². The molecule has 3 atom stereocenters. The molecule has 110 valence electrons. The predicted molar refractivity (Wildman–Crippen MR) is 91.5 cm³/mol. The van der Waals surface area contributed by atoms with Crippen LogP contribution in [0.15, 0.2) is 18.2 Å². The second-order valence-electron chi connectivity index (χ2n) is 5.88. The van der Waals surface area contributed by atoms with E-state index in [1.165, 1.54) is 19.3 Å². The Labute approximate surface area is 132 Å². The van der Waals surface area contributed by atoms with Crippen LogP contribution in [0, 0.1) is 18.8 Å². The van der Waals surface area contributed by atoms with E-state index in [1.54, 1.807) is 0 Å². The molecule has 1 aliphatic rings. The van der Waals surface area contributed by atoms with Crippen molar-refractivity contribution in [3.05, 3.63) is 28.8 Å². The standard InChI is InChI=1S/C16H23ClN2S/c1-10-6-4-8-14(11(10)2)18-16(20)19-15-9-5-7-13(17)12(15)3/h5,7,9-11,14H,4,6,8H2,1-3H3,(H2,18,19,20)/t10-,11+,14-/m0/s1. The van der Waals surface area contributed by atoms with Crippen molar-refractivity contribution in [3.8, 4) is 0 Å². The fourth-order valence-corrected chi connectivity index (χ4v) is 3.29. The van der Waals surface area contributed by atoms with Crippen molar-refractivity contribution in [3.63, 3.8) is 0 Å². The van der Waals surface area contributed by atoms with E-state index in [0.717, 1.165) is 22.2 Å². The molecule has 0 bridgehead atoms. The molecule has 20 heavy (non-hydrogen) atoms. The van der Waals surface area contributed by atoms with Gasteiger partial charge in [-0.1, -0.05) is 44.4 Å². The first-order chi connectivity index (χ1) is 9.49. The van der Waals surface area contributed by atoms with Gasteiger partial charge in [0.15, 0.2) is 5.11 Å². The van der Waals surface area contributed by atoms with E-state index < -0.39 is 0 Å². The molecule has 2 nitrogen and oxygen atoms in total. The van der Waals surface area contributed by atoms with Gasteiger partial charge in [-0.3, -0.25) is 0 Å². The molecule has 0 saturated heterocycles. The lowest BCUT2D eigenvalue weighted by molar-refractivity contribution is 0.225. The van der Waals surface area contributed by atoms with Crippen LogP contribution in [0.4, 0.5) is 5.69 Å². The summed E-state index contributed by atoms with van der Waals surface area (Å²) in [5.74, 6) is 1.42. The lowest BCUT2D eigenvalue weighted by Crippen LogP contribution is -2.45. The van der Waals surface area contributed by atoms with Crippen LogP contribution in [-0.4, -0.2) is 11.2 Å². The Hall–Kier alpha value is -0.800. The molecule has 2 N–H and O–H groups in total. The minimum absolute atomic E-state index is 0.471. The summed E-state index contributed by atoms with van der Waals surface area (Å²) in [7, 11) is 0. The van der Waals surface area contributed by atoms with E-state index in [0.29, 0.717) is 17.1 Å². The van der Waals surface area contributed by atoms with Crippen molar-refractivity contribution in [1.82, 2.24) is 5.32 Å². The fraction of sp³-hybridized carbons (Fsp3) is 0.562. The van der Waals surface area contributed by atoms with E-state index in [4.69, 9.17) is 23.8 Å².